The van der Waals surface area contributed by atoms with Gasteiger partial charge in [-0.3, -0.25) is 0 Å². The standard InChI is InChI=1S/C31H40N2Si.C23H31BrN2Si.C19H33N3Si/c1-23(2)34(24(3)4,25(5)6)33-22-29(30-13-10-20-32-31(30)33)21-28-18-16-27(17-19-28)15-14-26-11-8-7-9-12-26;1-16(2)27(17(3)4,18(5)6)26-15-20(22-8-7-13-25-23(22)26)14-19-9-11-21(24)12-10-19;1-14(2)23(15(3)4,16(5)6)22-13-17(12-21(7)8)18-10-9-11-20-19(18)22/h7-13,16-20,22-25H,14-15,21H2,1-6H3;7-13,15-18H,14H2,1-6H3;9-11,13-16H,12H2,1-8H3. The van der Waals surface area contributed by atoms with Gasteiger partial charge in [0, 0.05) is 64.4 Å². The molecule has 0 atom stereocenters. The number of aryl methyl sites for hydroxylation is 2. The minimum Gasteiger partial charge on any atom is -0.358 e. The van der Waals surface area contributed by atoms with E-state index in [0.717, 1.165) is 36.7 Å². The molecule has 0 unspecified atom stereocenters. The summed E-state index contributed by atoms with van der Waals surface area (Å²) in [6.07, 6.45) is 17.2. The number of benzene rings is 3. The lowest BCUT2D eigenvalue weighted by molar-refractivity contribution is 0.404. The highest BCUT2D eigenvalue weighted by Gasteiger charge is 2.49. The van der Waals surface area contributed by atoms with E-state index in [0.29, 0.717) is 49.9 Å². The van der Waals surface area contributed by atoms with Gasteiger partial charge in [-0.25, -0.2) is 15.0 Å². The molecule has 3 aromatic carbocycles. The molecule has 9 aromatic rings. The molecule has 0 aliphatic rings. The summed E-state index contributed by atoms with van der Waals surface area (Å²) in [6.45, 7) is 44.4. The van der Waals surface area contributed by atoms with Crippen molar-refractivity contribution in [2.75, 3.05) is 14.1 Å². The quantitative estimate of drug-likeness (QED) is 0.0673. The monoisotopic (exact) mass is 1240 g/mol. The van der Waals surface area contributed by atoms with E-state index in [2.05, 4.69) is 306 Å². The van der Waals surface area contributed by atoms with E-state index < -0.39 is 24.7 Å². The topological polar surface area (TPSA) is 56.7 Å². The molecule has 0 radical (unpaired) electrons. The van der Waals surface area contributed by atoms with Gasteiger partial charge >= 0.3 is 0 Å². The van der Waals surface area contributed by atoms with Gasteiger partial charge in [0.05, 0.1) is 0 Å². The van der Waals surface area contributed by atoms with Crippen LogP contribution >= 0.6 is 15.9 Å². The predicted octanol–water partition coefficient (Wildman–Crippen LogP) is 21.0. The molecule has 0 aliphatic carbocycles. The highest BCUT2D eigenvalue weighted by Crippen LogP contribution is 2.48. The Morgan fingerprint density at radius 2 is 0.643 bits per heavy atom. The number of aromatic nitrogens is 6. The van der Waals surface area contributed by atoms with Crippen LogP contribution in [0.25, 0.3) is 33.1 Å². The second kappa shape index (κ2) is 28.6. The van der Waals surface area contributed by atoms with E-state index in [1.807, 2.05) is 18.6 Å². The van der Waals surface area contributed by atoms with Gasteiger partial charge in [-0.1, -0.05) is 207 Å². The number of pyridine rings is 3. The van der Waals surface area contributed by atoms with Crippen LogP contribution in [0.3, 0.4) is 0 Å². The molecule has 6 aromatic heterocycles. The number of nitrogens with zero attached hydrogens (tertiary/aromatic N) is 7. The van der Waals surface area contributed by atoms with Crippen molar-refractivity contribution in [3.63, 3.8) is 0 Å². The van der Waals surface area contributed by atoms with Crippen molar-refractivity contribution in [2.45, 2.75) is 207 Å². The Kier molecular flexibility index (Phi) is 22.6. The number of hydrogen-bond donors (Lipinski definition) is 0. The predicted molar refractivity (Wildman–Crippen MR) is 376 cm³/mol. The van der Waals surface area contributed by atoms with E-state index in [4.69, 9.17) is 15.0 Å². The molecule has 0 bridgehead atoms. The third-order valence-corrected chi connectivity index (χ3v) is 40.0. The molecule has 11 heteroatoms. The minimum absolute atomic E-state index is 0.641. The van der Waals surface area contributed by atoms with Crippen LogP contribution in [-0.4, -0.2) is 71.4 Å². The van der Waals surface area contributed by atoms with Crippen LogP contribution in [0.5, 0.6) is 0 Å². The number of rotatable bonds is 21. The Bertz CT molecular complexity index is 3430. The van der Waals surface area contributed by atoms with E-state index in [-0.39, 0.29) is 0 Å². The Hall–Kier alpha value is -5.18. The van der Waals surface area contributed by atoms with Gasteiger partial charge in [-0.2, -0.15) is 0 Å². The number of fused-ring (bicyclic) bond motifs is 3. The summed E-state index contributed by atoms with van der Waals surface area (Å²) in [4.78, 5) is 16.8. The second-order valence-electron chi connectivity index (χ2n) is 27.3. The van der Waals surface area contributed by atoms with Crippen molar-refractivity contribution >= 4 is 73.7 Å². The molecular weight excluding hydrogens is 1140 g/mol. The van der Waals surface area contributed by atoms with Crippen LogP contribution in [0.2, 0.25) is 49.9 Å². The molecule has 9 rings (SSSR count). The van der Waals surface area contributed by atoms with Crippen molar-refractivity contribution in [2.24, 2.45) is 0 Å². The van der Waals surface area contributed by atoms with Gasteiger partial charge in [0.15, 0.2) is 24.7 Å². The molecule has 0 amide bonds. The van der Waals surface area contributed by atoms with Gasteiger partial charge in [-0.15, -0.1) is 0 Å². The van der Waals surface area contributed by atoms with E-state index in [9.17, 15) is 0 Å². The summed E-state index contributed by atoms with van der Waals surface area (Å²) < 4.78 is 9.05. The first-order chi connectivity index (χ1) is 39.8. The Labute approximate surface area is 519 Å². The Balaban J connectivity index is 0.000000185. The molecule has 0 spiro atoms. The molecule has 0 fully saturated rings. The maximum Gasteiger partial charge on any atom is 0.171 e. The summed E-state index contributed by atoms with van der Waals surface area (Å²) in [5, 5.41) is 3.94. The van der Waals surface area contributed by atoms with Gasteiger partial charge in [0.1, 0.15) is 16.9 Å². The van der Waals surface area contributed by atoms with Gasteiger partial charge in [-0.05, 0) is 177 Å². The van der Waals surface area contributed by atoms with Crippen molar-refractivity contribution in [1.82, 2.24) is 32.5 Å². The van der Waals surface area contributed by atoms with E-state index >= 15 is 0 Å². The van der Waals surface area contributed by atoms with Crippen LogP contribution in [0.4, 0.5) is 0 Å². The van der Waals surface area contributed by atoms with Crippen LogP contribution < -0.4 is 0 Å². The molecule has 450 valence electrons. The summed E-state index contributed by atoms with van der Waals surface area (Å²) >= 11 is 3.54. The lowest BCUT2D eigenvalue weighted by Gasteiger charge is -2.44. The molecule has 6 heterocycles. The summed E-state index contributed by atoms with van der Waals surface area (Å²) in [5.41, 5.74) is 19.1. The lowest BCUT2D eigenvalue weighted by atomic mass is 10.0. The maximum absolute atomic E-state index is 4.92. The molecule has 0 saturated carbocycles. The van der Waals surface area contributed by atoms with E-state index in [1.165, 1.54) is 72.0 Å². The second-order valence-corrected chi connectivity index (χ2v) is 45.3. The smallest absolute Gasteiger partial charge is 0.171 e. The molecular formula is C73H104BrN7Si3. The minimum atomic E-state index is -1.86. The Morgan fingerprint density at radius 1 is 0.357 bits per heavy atom. The zero-order valence-electron chi connectivity index (χ0n) is 55.2. The van der Waals surface area contributed by atoms with Crippen molar-refractivity contribution in [1.29, 1.82) is 0 Å². The maximum atomic E-state index is 4.92. The van der Waals surface area contributed by atoms with Crippen LogP contribution in [0.1, 0.15) is 164 Å². The molecule has 0 aliphatic heterocycles. The Morgan fingerprint density at radius 3 is 0.964 bits per heavy atom. The van der Waals surface area contributed by atoms with Crippen LogP contribution in [-0.2, 0) is 32.2 Å². The first kappa shape index (κ1) is 66.3. The van der Waals surface area contributed by atoms with Crippen molar-refractivity contribution in [3.8, 4) is 0 Å². The normalized spacial score (nSPS) is 12.7. The first-order valence-corrected chi connectivity index (χ1v) is 39.0. The molecule has 0 N–H and O–H groups in total. The summed E-state index contributed by atoms with van der Waals surface area (Å²) in [5.74, 6) is 0. The van der Waals surface area contributed by atoms with Crippen LogP contribution in [0.15, 0.2) is 157 Å². The fraction of sp³-hybridized carbons (Fsp3) is 0.466. The highest BCUT2D eigenvalue weighted by molar-refractivity contribution is 9.10. The third-order valence-electron chi connectivity index (χ3n) is 19.3. The molecule has 7 nitrogen and oxygen atoms in total. The fourth-order valence-electron chi connectivity index (χ4n) is 16.3. The fourth-order valence-corrected chi connectivity index (χ4v) is 36.4. The molecule has 0 saturated heterocycles. The molecule has 84 heavy (non-hydrogen) atoms. The van der Waals surface area contributed by atoms with Crippen molar-refractivity contribution < 1.29 is 0 Å². The average Bonchev–Trinajstić information content (AvgIpc) is 2.74. The largest absolute Gasteiger partial charge is 0.358 e. The van der Waals surface area contributed by atoms with E-state index in [1.54, 1.807) is 0 Å². The number of hydrogen-bond acceptors (Lipinski definition) is 4. The first-order valence-electron chi connectivity index (χ1n) is 31.7. The van der Waals surface area contributed by atoms with Gasteiger partial charge < -0.3 is 17.6 Å². The number of halogens is 1. The average molecular weight is 1240 g/mol. The lowest BCUT2D eigenvalue weighted by Crippen LogP contribution is -2.51. The van der Waals surface area contributed by atoms with Gasteiger partial charge in [0.2, 0.25) is 0 Å². The van der Waals surface area contributed by atoms with Crippen LogP contribution in [0, 0.1) is 0 Å². The van der Waals surface area contributed by atoms with Crippen molar-refractivity contribution in [3.05, 3.63) is 196 Å². The summed E-state index contributed by atoms with van der Waals surface area (Å²) in [7, 11) is -1.18. The third kappa shape index (κ3) is 13.5. The van der Waals surface area contributed by atoms with Gasteiger partial charge in [0.25, 0.3) is 0 Å². The summed E-state index contributed by atoms with van der Waals surface area (Å²) in [6, 6.07) is 41.7. The SMILES string of the molecule is CC(C)[Si](C(C)C)(C(C)C)n1cc(CN(C)C)c2cccnc21.CC(C)[Si](C(C)C)(C(C)C)n1cc(Cc2ccc(Br)cc2)c2cccnc21.CC(C)[Si](C(C)C)(C(C)C)n1cc(Cc2ccc(CCc3ccccc3)cc2)c2cccnc21. The zero-order valence-corrected chi connectivity index (χ0v) is 59.8. The highest BCUT2D eigenvalue weighted by atomic mass is 79.9. The zero-order chi connectivity index (χ0) is 61.4.